The van der Waals surface area contributed by atoms with Crippen molar-refractivity contribution in [1.29, 1.82) is 0 Å². The lowest BCUT2D eigenvalue weighted by atomic mass is 9.94. The van der Waals surface area contributed by atoms with E-state index in [0.29, 0.717) is 18.6 Å². The van der Waals surface area contributed by atoms with Crippen LogP contribution in [0.1, 0.15) is 37.5 Å². The van der Waals surface area contributed by atoms with E-state index in [0.717, 1.165) is 16.7 Å². The Labute approximate surface area is 136 Å². The molecule has 0 bridgehead atoms. The number of amides is 1. The molecule has 6 heteroatoms. The van der Waals surface area contributed by atoms with Gasteiger partial charge in [0.25, 0.3) is 0 Å². The molecule has 0 aromatic heterocycles. The quantitative estimate of drug-likeness (QED) is 0.637. The zero-order valence-electron chi connectivity index (χ0n) is 14.2. The first-order chi connectivity index (χ1) is 10.8. The van der Waals surface area contributed by atoms with Crippen LogP contribution in [0.4, 0.5) is 0 Å². The van der Waals surface area contributed by atoms with Crippen molar-refractivity contribution in [3.05, 3.63) is 28.8 Å². The van der Waals surface area contributed by atoms with Crippen molar-refractivity contribution in [1.82, 2.24) is 5.32 Å². The lowest BCUT2D eigenvalue weighted by Crippen LogP contribution is -2.42. The minimum absolute atomic E-state index is 0.299. The monoisotopic (exact) mass is 321 g/mol. The first kappa shape index (κ1) is 18.7. The molecule has 0 saturated heterocycles. The Balaban J connectivity index is 3.15. The van der Waals surface area contributed by atoms with E-state index in [9.17, 15) is 14.4 Å². The molecule has 1 N–H and O–H groups in total. The van der Waals surface area contributed by atoms with Crippen LogP contribution in [0.2, 0.25) is 0 Å². The molecule has 1 amide bonds. The number of rotatable bonds is 6. The molecule has 1 aromatic rings. The van der Waals surface area contributed by atoms with Gasteiger partial charge in [-0.1, -0.05) is 13.0 Å². The maximum atomic E-state index is 11.8. The molecule has 0 saturated carbocycles. The molecule has 0 aliphatic rings. The van der Waals surface area contributed by atoms with Crippen molar-refractivity contribution in [3.63, 3.8) is 0 Å². The molecule has 0 unspecified atom stereocenters. The van der Waals surface area contributed by atoms with Gasteiger partial charge in [0.2, 0.25) is 5.91 Å². The van der Waals surface area contributed by atoms with Crippen LogP contribution in [0.25, 0.3) is 0 Å². The average molecular weight is 321 g/mol. The van der Waals surface area contributed by atoms with E-state index in [1.165, 1.54) is 21.0 Å². The van der Waals surface area contributed by atoms with Crippen LogP contribution in [-0.2, 0) is 32.0 Å². The topological polar surface area (TPSA) is 81.7 Å². The first-order valence-electron chi connectivity index (χ1n) is 7.44. The maximum absolute atomic E-state index is 11.8. The summed E-state index contributed by atoms with van der Waals surface area (Å²) in [6, 6.07) is 2.76. The molecule has 0 radical (unpaired) electrons. The second-order valence-corrected chi connectivity index (χ2v) is 5.25. The fourth-order valence-corrected chi connectivity index (χ4v) is 2.54. The lowest BCUT2D eigenvalue weighted by Gasteiger charge is -2.19. The molecule has 0 aliphatic heterocycles. The van der Waals surface area contributed by atoms with Crippen LogP contribution >= 0.6 is 0 Å². The van der Waals surface area contributed by atoms with Crippen molar-refractivity contribution in [2.45, 2.75) is 46.6 Å². The summed E-state index contributed by atoms with van der Waals surface area (Å²) >= 11 is 0. The Morgan fingerprint density at radius 1 is 1.22 bits per heavy atom. The number of esters is 2. The second-order valence-electron chi connectivity index (χ2n) is 5.25. The van der Waals surface area contributed by atoms with Crippen molar-refractivity contribution in [2.75, 3.05) is 7.11 Å². The predicted octanol–water partition coefficient (Wildman–Crippen LogP) is 1.70. The number of hydrogen-bond acceptors (Lipinski definition) is 5. The molecule has 6 nitrogen and oxygen atoms in total. The van der Waals surface area contributed by atoms with E-state index in [1.807, 2.05) is 19.9 Å². The molecule has 1 atom stereocenters. The average Bonchev–Trinajstić information content (AvgIpc) is 2.48. The SMILES string of the molecule is CCc1c(C[C@H](NC(C)=O)C(=O)OC)ccc(OC(C)=O)c1C. The van der Waals surface area contributed by atoms with Gasteiger partial charge in [0, 0.05) is 20.3 Å². The van der Waals surface area contributed by atoms with Gasteiger partial charge in [-0.15, -0.1) is 0 Å². The number of ether oxygens (including phenoxy) is 2. The highest BCUT2D eigenvalue weighted by atomic mass is 16.5. The van der Waals surface area contributed by atoms with Crippen LogP contribution < -0.4 is 10.1 Å². The number of nitrogens with one attached hydrogen (secondary N) is 1. The van der Waals surface area contributed by atoms with E-state index in [4.69, 9.17) is 9.47 Å². The molecule has 1 aromatic carbocycles. The van der Waals surface area contributed by atoms with Gasteiger partial charge < -0.3 is 14.8 Å². The summed E-state index contributed by atoms with van der Waals surface area (Å²) in [5.74, 6) is -0.670. The minimum atomic E-state index is -0.748. The third-order valence-corrected chi connectivity index (χ3v) is 3.54. The Morgan fingerprint density at radius 2 is 1.87 bits per heavy atom. The predicted molar refractivity (Wildman–Crippen MR) is 85.2 cm³/mol. The third-order valence-electron chi connectivity index (χ3n) is 3.54. The summed E-state index contributed by atoms with van der Waals surface area (Å²) in [5, 5.41) is 2.60. The number of methoxy groups -OCH3 is 1. The molecule has 0 spiro atoms. The van der Waals surface area contributed by atoms with Gasteiger partial charge in [-0.3, -0.25) is 9.59 Å². The summed E-state index contributed by atoms with van der Waals surface area (Å²) in [6.07, 6.45) is 1.03. The van der Waals surface area contributed by atoms with Crippen molar-refractivity contribution in [2.24, 2.45) is 0 Å². The highest BCUT2D eigenvalue weighted by Crippen LogP contribution is 2.26. The van der Waals surface area contributed by atoms with Gasteiger partial charge in [0.05, 0.1) is 7.11 Å². The third kappa shape index (κ3) is 5.09. The summed E-state index contributed by atoms with van der Waals surface area (Å²) in [6.45, 7) is 6.55. The molecule has 0 heterocycles. The molecule has 23 heavy (non-hydrogen) atoms. The van der Waals surface area contributed by atoms with Crippen LogP contribution in [0.3, 0.4) is 0 Å². The van der Waals surface area contributed by atoms with E-state index in [-0.39, 0.29) is 11.9 Å². The normalized spacial score (nSPS) is 11.5. The largest absolute Gasteiger partial charge is 0.467 e. The highest BCUT2D eigenvalue weighted by molar-refractivity contribution is 5.83. The zero-order chi connectivity index (χ0) is 17.6. The summed E-state index contributed by atoms with van der Waals surface area (Å²) in [7, 11) is 1.28. The Bertz CT molecular complexity index is 609. The van der Waals surface area contributed by atoms with Gasteiger partial charge in [0.15, 0.2) is 0 Å². The molecule has 0 aliphatic carbocycles. The maximum Gasteiger partial charge on any atom is 0.328 e. The minimum Gasteiger partial charge on any atom is -0.467 e. The van der Waals surface area contributed by atoms with Gasteiger partial charge in [-0.25, -0.2) is 4.79 Å². The summed E-state index contributed by atoms with van der Waals surface area (Å²) in [5.41, 5.74) is 2.75. The smallest absolute Gasteiger partial charge is 0.328 e. The Hall–Kier alpha value is -2.37. The van der Waals surface area contributed by atoms with Gasteiger partial charge in [-0.2, -0.15) is 0 Å². The lowest BCUT2D eigenvalue weighted by molar-refractivity contribution is -0.144. The van der Waals surface area contributed by atoms with E-state index < -0.39 is 12.0 Å². The molecular weight excluding hydrogens is 298 g/mol. The molecule has 126 valence electrons. The van der Waals surface area contributed by atoms with Gasteiger partial charge in [-0.05, 0) is 36.1 Å². The van der Waals surface area contributed by atoms with Gasteiger partial charge >= 0.3 is 11.9 Å². The van der Waals surface area contributed by atoms with Crippen LogP contribution in [0.5, 0.6) is 5.75 Å². The fourth-order valence-electron chi connectivity index (χ4n) is 2.54. The van der Waals surface area contributed by atoms with Crippen LogP contribution in [-0.4, -0.2) is 31.0 Å². The molecular formula is C17H23NO5. The van der Waals surface area contributed by atoms with E-state index >= 15 is 0 Å². The number of hydrogen-bond donors (Lipinski definition) is 1. The van der Waals surface area contributed by atoms with Gasteiger partial charge in [0.1, 0.15) is 11.8 Å². The van der Waals surface area contributed by atoms with Crippen LogP contribution in [0, 0.1) is 6.92 Å². The number of carbonyl (C=O) groups is 3. The Kier molecular flexibility index (Phi) is 6.75. The number of benzene rings is 1. The summed E-state index contributed by atoms with van der Waals surface area (Å²) < 4.78 is 9.92. The highest BCUT2D eigenvalue weighted by Gasteiger charge is 2.22. The summed E-state index contributed by atoms with van der Waals surface area (Å²) in [4.78, 5) is 34.3. The Morgan fingerprint density at radius 3 is 2.35 bits per heavy atom. The second kappa shape index (κ2) is 8.31. The van der Waals surface area contributed by atoms with Crippen molar-refractivity contribution in [3.8, 4) is 5.75 Å². The zero-order valence-corrected chi connectivity index (χ0v) is 14.2. The van der Waals surface area contributed by atoms with E-state index in [1.54, 1.807) is 6.07 Å². The first-order valence-corrected chi connectivity index (χ1v) is 7.44. The van der Waals surface area contributed by atoms with Crippen molar-refractivity contribution < 1.29 is 23.9 Å². The molecule has 0 fully saturated rings. The van der Waals surface area contributed by atoms with Crippen LogP contribution in [0.15, 0.2) is 12.1 Å². The van der Waals surface area contributed by atoms with E-state index in [2.05, 4.69) is 5.32 Å². The molecule has 1 rings (SSSR count). The standard InChI is InChI=1S/C17H23NO5/c1-6-14-10(2)16(23-12(4)20)8-7-13(14)9-15(17(21)22-5)18-11(3)19/h7-8,15H,6,9H2,1-5H3,(H,18,19)/t15-/m0/s1. The fraction of sp³-hybridized carbons (Fsp3) is 0.471. The number of carbonyl (C=O) groups excluding carboxylic acids is 3. The van der Waals surface area contributed by atoms with Crippen molar-refractivity contribution >= 4 is 17.8 Å².